The number of β-amino-alcohol motifs (C(OH)–C–C–N with tert-alkyl or cyclic N) is 1. The third kappa shape index (κ3) is 7.16. The van der Waals surface area contributed by atoms with Gasteiger partial charge in [0.1, 0.15) is 12.4 Å². The molecule has 0 radical (unpaired) electrons. The topological polar surface area (TPSA) is 80.0 Å². The molecule has 1 saturated heterocycles. The molecule has 6 nitrogen and oxygen atoms in total. The smallest absolute Gasteiger partial charge is 0.121 e. The highest BCUT2D eigenvalue weighted by atomic mass is 35.5. The van der Waals surface area contributed by atoms with Crippen molar-refractivity contribution in [2.24, 2.45) is 0 Å². The van der Waals surface area contributed by atoms with Crippen molar-refractivity contribution in [3.8, 4) is 11.8 Å². The lowest BCUT2D eigenvalue weighted by Crippen LogP contribution is -2.49. The first-order valence-electron chi connectivity index (χ1n) is 12.2. The van der Waals surface area contributed by atoms with E-state index in [-0.39, 0.29) is 12.6 Å². The zero-order valence-electron chi connectivity index (χ0n) is 20.9. The lowest BCUT2D eigenvalue weighted by atomic mass is 10.00. The Bertz CT molecular complexity index is 1240. The number of aliphatic hydroxyl groups excluding tert-OH is 1. The molecule has 2 N–H and O–H groups in total. The number of piperazine rings is 1. The Hall–Kier alpha value is -2.79. The fraction of sp³-hybridized carbons (Fsp3) is 0.345. The molecule has 0 saturated carbocycles. The first-order chi connectivity index (χ1) is 17.6. The largest absolute Gasteiger partial charge is 0.491 e. The normalized spacial score (nSPS) is 17.3. The van der Waals surface area contributed by atoms with E-state index in [1.54, 1.807) is 44.2 Å². The summed E-state index contributed by atoms with van der Waals surface area (Å²) in [6, 6.07) is 22.6. The van der Waals surface area contributed by atoms with Crippen molar-refractivity contribution in [1.29, 1.82) is 5.26 Å². The molecule has 0 spiro atoms. The second-order valence-corrected chi connectivity index (χ2v) is 10.8. The Labute approximate surface area is 228 Å². The summed E-state index contributed by atoms with van der Waals surface area (Å²) in [6.45, 7) is 6.15. The molecule has 1 aliphatic heterocycles. The first-order valence-corrected chi connectivity index (χ1v) is 13.0. The second kappa shape index (κ2) is 11.7. The Morgan fingerprint density at radius 1 is 1.05 bits per heavy atom. The number of aliphatic hydroxyl groups is 2. The van der Waals surface area contributed by atoms with E-state index in [1.807, 2.05) is 36.4 Å². The highest BCUT2D eigenvalue weighted by molar-refractivity contribution is 6.33. The number of benzene rings is 3. The summed E-state index contributed by atoms with van der Waals surface area (Å²) in [5.74, 6) is 0.600. The molecular formula is C29H31Cl2N3O3. The van der Waals surface area contributed by atoms with Crippen LogP contribution in [0.15, 0.2) is 66.7 Å². The van der Waals surface area contributed by atoms with Crippen LogP contribution in [-0.2, 0) is 0 Å². The second-order valence-electron chi connectivity index (χ2n) is 9.98. The van der Waals surface area contributed by atoms with Gasteiger partial charge in [0, 0.05) is 37.3 Å². The first kappa shape index (κ1) is 27.3. The highest BCUT2D eigenvalue weighted by Crippen LogP contribution is 2.38. The van der Waals surface area contributed by atoms with Crippen molar-refractivity contribution in [2.75, 3.05) is 37.7 Å². The molecule has 2 atom stereocenters. The molecule has 4 rings (SSSR count). The van der Waals surface area contributed by atoms with Gasteiger partial charge in [-0.3, -0.25) is 4.90 Å². The summed E-state index contributed by atoms with van der Waals surface area (Å²) in [5, 5.41) is 31.1. The molecule has 1 heterocycles. The Morgan fingerprint density at radius 3 is 2.38 bits per heavy atom. The highest BCUT2D eigenvalue weighted by Gasteiger charge is 2.31. The van der Waals surface area contributed by atoms with Gasteiger partial charge < -0.3 is 19.8 Å². The maximum Gasteiger partial charge on any atom is 0.121 e. The van der Waals surface area contributed by atoms with Crippen LogP contribution < -0.4 is 9.64 Å². The minimum atomic E-state index is -0.941. The Morgan fingerprint density at radius 2 is 1.76 bits per heavy atom. The quantitative estimate of drug-likeness (QED) is 0.387. The molecule has 3 aromatic rings. The summed E-state index contributed by atoms with van der Waals surface area (Å²) in [5.41, 5.74) is 2.41. The van der Waals surface area contributed by atoms with Crippen LogP contribution in [0.4, 0.5) is 5.69 Å². The average Bonchev–Trinajstić information content (AvgIpc) is 2.88. The van der Waals surface area contributed by atoms with Crippen LogP contribution in [0.5, 0.6) is 5.75 Å². The summed E-state index contributed by atoms with van der Waals surface area (Å²) >= 11 is 12.9. The van der Waals surface area contributed by atoms with Crippen LogP contribution in [0.1, 0.15) is 42.7 Å². The van der Waals surface area contributed by atoms with Gasteiger partial charge in [-0.2, -0.15) is 5.26 Å². The molecule has 0 unspecified atom stereocenters. The van der Waals surface area contributed by atoms with Crippen molar-refractivity contribution < 1.29 is 14.9 Å². The van der Waals surface area contributed by atoms with E-state index < -0.39 is 11.7 Å². The molecule has 0 amide bonds. The summed E-state index contributed by atoms with van der Waals surface area (Å²) < 4.78 is 5.71. The van der Waals surface area contributed by atoms with E-state index in [4.69, 9.17) is 33.2 Å². The monoisotopic (exact) mass is 539 g/mol. The number of hydrogen-bond donors (Lipinski definition) is 2. The fourth-order valence-corrected chi connectivity index (χ4v) is 4.87. The van der Waals surface area contributed by atoms with Gasteiger partial charge in [0.15, 0.2) is 0 Å². The Kier molecular flexibility index (Phi) is 8.63. The van der Waals surface area contributed by atoms with Crippen molar-refractivity contribution in [3.05, 3.63) is 93.5 Å². The minimum absolute atomic E-state index is 0.0141. The van der Waals surface area contributed by atoms with Gasteiger partial charge in [0.05, 0.1) is 40.1 Å². The van der Waals surface area contributed by atoms with Gasteiger partial charge in [0.25, 0.3) is 0 Å². The van der Waals surface area contributed by atoms with Crippen molar-refractivity contribution in [3.63, 3.8) is 0 Å². The number of hydrogen-bond acceptors (Lipinski definition) is 6. The Balaban J connectivity index is 1.54. The number of rotatable bonds is 8. The van der Waals surface area contributed by atoms with Gasteiger partial charge in [-0.15, -0.1) is 0 Å². The maximum atomic E-state index is 10.9. The third-order valence-electron chi connectivity index (χ3n) is 6.40. The number of ether oxygens (including phenoxy) is 1. The van der Waals surface area contributed by atoms with Crippen molar-refractivity contribution >= 4 is 28.9 Å². The number of halogens is 2. The molecule has 37 heavy (non-hydrogen) atoms. The summed E-state index contributed by atoms with van der Waals surface area (Å²) in [6.07, 6.45) is -0.666. The predicted octanol–water partition coefficient (Wildman–Crippen LogP) is 5.61. The zero-order chi connectivity index (χ0) is 26.6. The van der Waals surface area contributed by atoms with E-state index in [0.29, 0.717) is 41.0 Å². The molecule has 3 aromatic carbocycles. The van der Waals surface area contributed by atoms with Crippen LogP contribution >= 0.6 is 23.2 Å². The molecule has 0 aliphatic carbocycles. The fourth-order valence-electron chi connectivity index (χ4n) is 4.46. The van der Waals surface area contributed by atoms with Crippen molar-refractivity contribution in [2.45, 2.75) is 31.6 Å². The lowest BCUT2D eigenvalue weighted by Gasteiger charge is -2.44. The van der Waals surface area contributed by atoms with Gasteiger partial charge in [0.2, 0.25) is 0 Å². The molecule has 194 valence electrons. The number of anilines is 1. The maximum absolute atomic E-state index is 10.9. The predicted molar refractivity (Wildman–Crippen MR) is 147 cm³/mol. The number of nitriles is 1. The zero-order valence-corrected chi connectivity index (χ0v) is 22.5. The molecule has 0 aromatic heterocycles. The van der Waals surface area contributed by atoms with E-state index in [0.717, 1.165) is 23.4 Å². The van der Waals surface area contributed by atoms with Gasteiger partial charge in [-0.25, -0.2) is 0 Å². The molecule has 8 heteroatoms. The van der Waals surface area contributed by atoms with Crippen LogP contribution in [0.25, 0.3) is 0 Å². The van der Waals surface area contributed by atoms with E-state index in [9.17, 15) is 10.2 Å². The lowest BCUT2D eigenvalue weighted by molar-refractivity contribution is 0.0285. The molecule has 1 aliphatic rings. The van der Waals surface area contributed by atoms with Gasteiger partial charge in [-0.1, -0.05) is 47.5 Å². The SMILES string of the molecule is CC(C)(O)COc1ccc(N2CCN(C[C@@H](O)c3ccc(C#N)cc3)C[C@H]2c2ccc(Cl)cc2)c(Cl)c1. The van der Waals surface area contributed by atoms with Crippen LogP contribution in [0.3, 0.4) is 0 Å². The third-order valence-corrected chi connectivity index (χ3v) is 6.95. The molecule has 1 fully saturated rings. The standard InChI is InChI=1S/C29H31Cl2N3O3/c1-29(2,36)19-37-24-11-12-26(25(31)15-24)34-14-13-33(17-27(34)21-7-9-23(30)10-8-21)18-28(35)22-5-3-20(16-32)4-6-22/h3-12,15,27-28,35-36H,13-14,17-19H2,1-2H3/t27-,28+/m0/s1. The van der Waals surface area contributed by atoms with E-state index in [1.165, 1.54) is 0 Å². The minimum Gasteiger partial charge on any atom is -0.491 e. The van der Waals surface area contributed by atoms with E-state index >= 15 is 0 Å². The van der Waals surface area contributed by atoms with Crippen LogP contribution in [-0.4, -0.2) is 53.5 Å². The van der Waals surface area contributed by atoms with Gasteiger partial charge >= 0.3 is 0 Å². The summed E-state index contributed by atoms with van der Waals surface area (Å²) in [4.78, 5) is 4.52. The van der Waals surface area contributed by atoms with Gasteiger partial charge in [-0.05, 0) is 61.4 Å². The summed E-state index contributed by atoms with van der Waals surface area (Å²) in [7, 11) is 0. The molecular weight excluding hydrogens is 509 g/mol. The van der Waals surface area contributed by atoms with E-state index in [2.05, 4.69) is 15.9 Å². The van der Waals surface area contributed by atoms with Crippen LogP contribution in [0.2, 0.25) is 10.0 Å². The van der Waals surface area contributed by atoms with Crippen LogP contribution in [0, 0.1) is 11.3 Å². The average molecular weight is 540 g/mol. The molecule has 0 bridgehead atoms. The van der Waals surface area contributed by atoms with Crippen molar-refractivity contribution in [1.82, 2.24) is 4.90 Å². The number of nitrogens with zero attached hydrogens (tertiary/aromatic N) is 3.